The van der Waals surface area contributed by atoms with Crippen LogP contribution >= 0.6 is 11.8 Å². The number of hydrogen-bond donors (Lipinski definition) is 1. The zero-order chi connectivity index (χ0) is 18.5. The lowest BCUT2D eigenvalue weighted by molar-refractivity contribution is 0.193. The lowest BCUT2D eigenvalue weighted by atomic mass is 9.96. The molecule has 7 nitrogen and oxygen atoms in total. The van der Waals surface area contributed by atoms with Gasteiger partial charge in [-0.25, -0.2) is 4.79 Å². The van der Waals surface area contributed by atoms with E-state index in [0.29, 0.717) is 37.1 Å². The van der Waals surface area contributed by atoms with E-state index in [2.05, 4.69) is 20.1 Å². The Labute approximate surface area is 158 Å². The number of anilines is 1. The van der Waals surface area contributed by atoms with Crippen LogP contribution in [-0.2, 0) is 7.05 Å². The van der Waals surface area contributed by atoms with Crippen LogP contribution in [-0.4, -0.2) is 51.6 Å². The number of amides is 2. The molecule has 26 heavy (non-hydrogen) atoms. The number of likely N-dealkylation sites (tertiary alicyclic amines) is 1. The second-order valence-electron chi connectivity index (χ2n) is 6.22. The zero-order valence-electron chi connectivity index (χ0n) is 15.4. The summed E-state index contributed by atoms with van der Waals surface area (Å²) in [5.74, 6) is 2.05. The number of nitrogens with one attached hydrogen (secondary N) is 1. The number of urea groups is 1. The van der Waals surface area contributed by atoms with Gasteiger partial charge in [-0.15, -0.1) is 10.2 Å². The van der Waals surface area contributed by atoms with Crippen molar-refractivity contribution < 1.29 is 9.53 Å². The summed E-state index contributed by atoms with van der Waals surface area (Å²) < 4.78 is 7.63. The van der Waals surface area contributed by atoms with Gasteiger partial charge < -0.3 is 19.5 Å². The fourth-order valence-corrected chi connectivity index (χ4v) is 3.74. The monoisotopic (exact) mass is 375 g/mol. The second kappa shape index (κ2) is 8.44. The predicted molar refractivity (Wildman–Crippen MR) is 103 cm³/mol. The molecule has 0 aliphatic carbocycles. The van der Waals surface area contributed by atoms with Crippen molar-refractivity contribution >= 4 is 23.5 Å². The smallest absolute Gasteiger partial charge is 0.321 e. The lowest BCUT2D eigenvalue weighted by Crippen LogP contribution is -2.41. The van der Waals surface area contributed by atoms with Crippen LogP contribution in [0.4, 0.5) is 10.5 Å². The van der Waals surface area contributed by atoms with E-state index < -0.39 is 0 Å². The van der Waals surface area contributed by atoms with E-state index in [4.69, 9.17) is 4.74 Å². The quantitative estimate of drug-likeness (QED) is 0.812. The summed E-state index contributed by atoms with van der Waals surface area (Å²) in [5, 5.41) is 12.4. The van der Waals surface area contributed by atoms with E-state index in [1.807, 2.05) is 49.4 Å². The highest BCUT2D eigenvalue weighted by Crippen LogP contribution is 2.29. The van der Waals surface area contributed by atoms with E-state index in [9.17, 15) is 4.79 Å². The first-order valence-electron chi connectivity index (χ1n) is 8.85. The molecule has 1 aromatic heterocycles. The van der Waals surface area contributed by atoms with Crippen LogP contribution in [0.1, 0.15) is 31.5 Å². The Kier molecular flexibility index (Phi) is 6.03. The van der Waals surface area contributed by atoms with Crippen LogP contribution in [0.25, 0.3) is 0 Å². The number of thioether (sulfide) groups is 1. The molecular formula is C18H25N5O2S. The summed E-state index contributed by atoms with van der Waals surface area (Å²) in [6.45, 7) is 3.90. The topological polar surface area (TPSA) is 72.3 Å². The van der Waals surface area contributed by atoms with Gasteiger partial charge in [0.25, 0.3) is 0 Å². The Morgan fingerprint density at radius 3 is 2.69 bits per heavy atom. The first kappa shape index (κ1) is 18.6. The van der Waals surface area contributed by atoms with Crippen LogP contribution in [0.2, 0.25) is 0 Å². The summed E-state index contributed by atoms with van der Waals surface area (Å²) in [6.07, 6.45) is 3.78. The summed E-state index contributed by atoms with van der Waals surface area (Å²) in [6, 6.07) is 7.43. The summed E-state index contributed by atoms with van der Waals surface area (Å²) in [4.78, 5) is 14.5. The molecule has 1 aliphatic rings. The van der Waals surface area contributed by atoms with Gasteiger partial charge in [0.05, 0.1) is 12.3 Å². The number of aromatic nitrogens is 3. The number of carbonyl (C=O) groups excluding carboxylic acids is 1. The van der Waals surface area contributed by atoms with Crippen molar-refractivity contribution in [1.82, 2.24) is 19.7 Å². The van der Waals surface area contributed by atoms with E-state index in [1.54, 1.807) is 11.8 Å². The fourth-order valence-electron chi connectivity index (χ4n) is 3.25. The Balaban J connectivity index is 1.59. The average molecular weight is 375 g/mol. The Bertz CT molecular complexity index is 756. The fraction of sp³-hybridized carbons (Fsp3) is 0.500. The molecule has 0 unspecified atom stereocenters. The number of benzene rings is 1. The minimum atomic E-state index is -0.0848. The van der Waals surface area contributed by atoms with Crippen LogP contribution in [0.3, 0.4) is 0 Å². The van der Waals surface area contributed by atoms with Gasteiger partial charge in [-0.1, -0.05) is 23.9 Å². The third-order valence-electron chi connectivity index (χ3n) is 4.63. The van der Waals surface area contributed by atoms with Crippen molar-refractivity contribution in [2.24, 2.45) is 7.05 Å². The normalized spacial score (nSPS) is 15.1. The average Bonchev–Trinajstić information content (AvgIpc) is 3.04. The summed E-state index contributed by atoms with van der Waals surface area (Å²) in [7, 11) is 2.00. The molecular weight excluding hydrogens is 350 g/mol. The summed E-state index contributed by atoms with van der Waals surface area (Å²) in [5.41, 5.74) is 0.708. The largest absolute Gasteiger partial charge is 0.492 e. The van der Waals surface area contributed by atoms with Gasteiger partial charge in [0, 0.05) is 26.1 Å². The molecule has 2 amide bonds. The molecule has 0 spiro atoms. The molecule has 2 aromatic rings. The number of piperidine rings is 1. The molecule has 1 fully saturated rings. The Hall–Kier alpha value is -2.22. The molecule has 2 heterocycles. The highest BCUT2D eigenvalue weighted by atomic mass is 32.2. The molecule has 1 saturated heterocycles. The van der Waals surface area contributed by atoms with Crippen molar-refractivity contribution in [3.8, 4) is 5.75 Å². The van der Waals surface area contributed by atoms with Gasteiger partial charge in [-0.3, -0.25) is 0 Å². The molecule has 140 valence electrons. The van der Waals surface area contributed by atoms with Gasteiger partial charge in [-0.2, -0.15) is 0 Å². The van der Waals surface area contributed by atoms with E-state index in [-0.39, 0.29) is 6.03 Å². The molecule has 1 aromatic carbocycles. The van der Waals surface area contributed by atoms with Crippen molar-refractivity contribution in [3.05, 3.63) is 30.1 Å². The highest BCUT2D eigenvalue weighted by molar-refractivity contribution is 7.98. The number of para-hydroxylation sites is 2. The number of rotatable bonds is 5. The maximum atomic E-state index is 12.6. The van der Waals surface area contributed by atoms with E-state index >= 15 is 0 Å². The minimum Gasteiger partial charge on any atom is -0.492 e. The molecule has 0 bridgehead atoms. The SMILES string of the molecule is CCOc1ccccc1NC(=O)N1CCC(c2nnc(SC)n2C)CC1. The third kappa shape index (κ3) is 3.95. The molecule has 3 rings (SSSR count). The number of carbonyl (C=O) groups is 1. The van der Waals surface area contributed by atoms with Crippen molar-refractivity contribution in [3.63, 3.8) is 0 Å². The first-order chi connectivity index (χ1) is 12.6. The van der Waals surface area contributed by atoms with Gasteiger partial charge in [0.15, 0.2) is 5.16 Å². The van der Waals surface area contributed by atoms with E-state index in [1.165, 1.54) is 0 Å². The van der Waals surface area contributed by atoms with E-state index in [0.717, 1.165) is 23.8 Å². The Morgan fingerprint density at radius 1 is 1.31 bits per heavy atom. The number of nitrogens with zero attached hydrogens (tertiary/aromatic N) is 4. The zero-order valence-corrected chi connectivity index (χ0v) is 16.3. The van der Waals surface area contributed by atoms with Crippen LogP contribution in [0.5, 0.6) is 5.75 Å². The maximum absolute atomic E-state index is 12.6. The Morgan fingerprint density at radius 2 is 2.04 bits per heavy atom. The minimum absolute atomic E-state index is 0.0848. The molecule has 1 aliphatic heterocycles. The highest BCUT2D eigenvalue weighted by Gasteiger charge is 2.27. The van der Waals surface area contributed by atoms with Crippen LogP contribution in [0.15, 0.2) is 29.4 Å². The molecule has 8 heteroatoms. The summed E-state index contributed by atoms with van der Waals surface area (Å²) >= 11 is 1.60. The third-order valence-corrected chi connectivity index (χ3v) is 5.35. The van der Waals surface area contributed by atoms with Crippen LogP contribution in [0, 0.1) is 0 Å². The number of ether oxygens (including phenoxy) is 1. The molecule has 0 saturated carbocycles. The van der Waals surface area contributed by atoms with Crippen molar-refractivity contribution in [2.75, 3.05) is 31.3 Å². The predicted octanol–water partition coefficient (Wildman–Crippen LogP) is 3.35. The molecule has 1 N–H and O–H groups in total. The van der Waals surface area contributed by atoms with Gasteiger partial charge in [0.1, 0.15) is 11.6 Å². The standard InChI is InChI=1S/C18H25N5O2S/c1-4-25-15-8-6-5-7-14(15)19-17(24)23-11-9-13(10-12-23)16-20-21-18(26-3)22(16)2/h5-8,13H,4,9-12H2,1-3H3,(H,19,24). The van der Waals surface area contributed by atoms with Crippen molar-refractivity contribution in [2.45, 2.75) is 30.8 Å². The number of hydrogen-bond acceptors (Lipinski definition) is 5. The molecule has 0 radical (unpaired) electrons. The van der Waals surface area contributed by atoms with Gasteiger partial charge >= 0.3 is 6.03 Å². The van der Waals surface area contributed by atoms with Crippen molar-refractivity contribution in [1.29, 1.82) is 0 Å². The van der Waals surface area contributed by atoms with Gasteiger partial charge in [0.2, 0.25) is 0 Å². The maximum Gasteiger partial charge on any atom is 0.321 e. The molecule has 0 atom stereocenters. The van der Waals surface area contributed by atoms with Crippen LogP contribution < -0.4 is 10.1 Å². The lowest BCUT2D eigenvalue weighted by Gasteiger charge is -2.31. The van der Waals surface area contributed by atoms with Gasteiger partial charge in [-0.05, 0) is 38.2 Å². The second-order valence-corrected chi connectivity index (χ2v) is 7.00. The first-order valence-corrected chi connectivity index (χ1v) is 10.1.